The normalized spacial score (nSPS) is 19.4. The van der Waals surface area contributed by atoms with Gasteiger partial charge in [0, 0.05) is 12.7 Å². The number of rotatable bonds is 3. The molecule has 1 atom stereocenters. The van der Waals surface area contributed by atoms with Gasteiger partial charge in [0.05, 0.1) is 11.6 Å². The van der Waals surface area contributed by atoms with Crippen molar-refractivity contribution in [1.82, 2.24) is 4.98 Å². The van der Waals surface area contributed by atoms with E-state index in [1.807, 2.05) is 17.9 Å². The van der Waals surface area contributed by atoms with Gasteiger partial charge in [-0.2, -0.15) is 0 Å². The molecular weight excluding hydrogens is 240 g/mol. The predicted molar refractivity (Wildman–Crippen MR) is 66.2 cm³/mol. The van der Waals surface area contributed by atoms with Crippen molar-refractivity contribution in [3.63, 3.8) is 0 Å². The minimum absolute atomic E-state index is 0.165. The molecule has 0 aliphatic carbocycles. The summed E-state index contributed by atoms with van der Waals surface area (Å²) in [5, 5.41) is 0.598. The van der Waals surface area contributed by atoms with E-state index in [9.17, 15) is 4.79 Å². The maximum absolute atomic E-state index is 11.8. The minimum Gasteiger partial charge on any atom is -0.464 e. The molecule has 0 radical (unpaired) electrons. The zero-order chi connectivity index (χ0) is 12.3. The first-order chi connectivity index (χ1) is 8.22. The Morgan fingerprint density at radius 3 is 3.12 bits per heavy atom. The number of aromatic nitrogens is 1. The molecule has 1 aromatic heterocycles. The first-order valence-electron chi connectivity index (χ1n) is 5.77. The summed E-state index contributed by atoms with van der Waals surface area (Å²) in [6.07, 6.45) is 3.40. The number of anilines is 1. The number of carbonyl (C=O) groups excluding carboxylic acids is 1. The second-order valence-electron chi connectivity index (χ2n) is 3.94. The topological polar surface area (TPSA) is 42.4 Å². The van der Waals surface area contributed by atoms with Crippen LogP contribution >= 0.6 is 11.6 Å². The molecule has 92 valence electrons. The Balaban J connectivity index is 2.14. The van der Waals surface area contributed by atoms with E-state index in [-0.39, 0.29) is 12.0 Å². The predicted octanol–water partition coefficient (Wildman–Crippen LogP) is 2.27. The average Bonchev–Trinajstić information content (AvgIpc) is 2.79. The molecule has 17 heavy (non-hydrogen) atoms. The maximum atomic E-state index is 11.8. The molecule has 2 heterocycles. The van der Waals surface area contributed by atoms with Crippen molar-refractivity contribution in [2.75, 3.05) is 18.1 Å². The lowest BCUT2D eigenvalue weighted by atomic mass is 10.2. The van der Waals surface area contributed by atoms with Crippen LogP contribution in [-0.2, 0) is 9.53 Å². The van der Waals surface area contributed by atoms with E-state index >= 15 is 0 Å². The summed E-state index contributed by atoms with van der Waals surface area (Å²) in [5.41, 5.74) is 0. The summed E-state index contributed by atoms with van der Waals surface area (Å²) in [5.74, 6) is 0.617. The highest BCUT2D eigenvalue weighted by atomic mass is 35.5. The van der Waals surface area contributed by atoms with Crippen LogP contribution in [0.25, 0.3) is 0 Å². The summed E-state index contributed by atoms with van der Waals surface area (Å²) in [7, 11) is 0. The third-order valence-electron chi connectivity index (χ3n) is 2.82. The Bertz CT molecular complexity index is 394. The van der Waals surface area contributed by atoms with E-state index in [1.54, 1.807) is 12.3 Å². The Morgan fingerprint density at radius 2 is 2.47 bits per heavy atom. The van der Waals surface area contributed by atoms with Gasteiger partial charge < -0.3 is 9.64 Å². The lowest BCUT2D eigenvalue weighted by Gasteiger charge is -2.23. The molecule has 5 heteroatoms. The smallest absolute Gasteiger partial charge is 0.328 e. The summed E-state index contributed by atoms with van der Waals surface area (Å²) in [4.78, 5) is 18.0. The number of carbonyl (C=O) groups is 1. The second kappa shape index (κ2) is 5.36. The number of hydrogen-bond donors (Lipinski definition) is 0. The zero-order valence-corrected chi connectivity index (χ0v) is 10.5. The fourth-order valence-electron chi connectivity index (χ4n) is 2.06. The van der Waals surface area contributed by atoms with Crippen LogP contribution in [0.4, 0.5) is 5.82 Å². The van der Waals surface area contributed by atoms with Gasteiger partial charge >= 0.3 is 5.97 Å². The monoisotopic (exact) mass is 254 g/mol. The molecule has 0 N–H and O–H groups in total. The molecule has 1 aliphatic rings. The van der Waals surface area contributed by atoms with Crippen LogP contribution in [0.1, 0.15) is 19.8 Å². The standard InChI is InChI=1S/C12H15ClN2O2/c1-2-17-12(16)10-4-3-7-15(10)11-6-5-9(13)8-14-11/h5-6,8,10H,2-4,7H2,1H3. The van der Waals surface area contributed by atoms with Crippen molar-refractivity contribution in [3.05, 3.63) is 23.4 Å². The van der Waals surface area contributed by atoms with Crippen LogP contribution in [0.3, 0.4) is 0 Å². The van der Waals surface area contributed by atoms with E-state index in [2.05, 4.69) is 4.98 Å². The molecule has 1 unspecified atom stereocenters. The molecule has 0 saturated carbocycles. The third kappa shape index (κ3) is 2.69. The van der Waals surface area contributed by atoms with Gasteiger partial charge in [0.1, 0.15) is 11.9 Å². The molecule has 4 nitrogen and oxygen atoms in total. The highest BCUT2D eigenvalue weighted by molar-refractivity contribution is 6.30. The Kier molecular flexibility index (Phi) is 3.84. The van der Waals surface area contributed by atoms with Crippen molar-refractivity contribution in [2.45, 2.75) is 25.8 Å². The molecule has 1 saturated heterocycles. The Morgan fingerprint density at radius 1 is 1.65 bits per heavy atom. The minimum atomic E-state index is -0.205. The van der Waals surface area contributed by atoms with Gasteiger partial charge in [0.15, 0.2) is 0 Å². The van der Waals surface area contributed by atoms with Gasteiger partial charge in [0.25, 0.3) is 0 Å². The fourth-order valence-corrected chi connectivity index (χ4v) is 2.17. The molecule has 0 aromatic carbocycles. The number of ether oxygens (including phenoxy) is 1. The van der Waals surface area contributed by atoms with E-state index < -0.39 is 0 Å². The first-order valence-corrected chi connectivity index (χ1v) is 6.15. The molecule has 0 bridgehead atoms. The quantitative estimate of drug-likeness (QED) is 0.776. The molecule has 0 spiro atoms. The van der Waals surface area contributed by atoms with Crippen LogP contribution < -0.4 is 4.90 Å². The van der Waals surface area contributed by atoms with Crippen molar-refractivity contribution in [3.8, 4) is 0 Å². The number of pyridine rings is 1. The van der Waals surface area contributed by atoms with Crippen LogP contribution in [0.15, 0.2) is 18.3 Å². The molecule has 0 amide bonds. The molecule has 2 rings (SSSR count). The second-order valence-corrected chi connectivity index (χ2v) is 4.37. The number of nitrogens with zero attached hydrogens (tertiary/aromatic N) is 2. The van der Waals surface area contributed by atoms with Crippen molar-refractivity contribution < 1.29 is 9.53 Å². The maximum Gasteiger partial charge on any atom is 0.328 e. The highest BCUT2D eigenvalue weighted by Crippen LogP contribution is 2.25. The first kappa shape index (κ1) is 12.2. The van der Waals surface area contributed by atoms with Crippen LogP contribution in [0.2, 0.25) is 5.02 Å². The molecule has 1 aliphatic heterocycles. The lowest BCUT2D eigenvalue weighted by Crippen LogP contribution is -2.37. The van der Waals surface area contributed by atoms with E-state index in [0.717, 1.165) is 25.2 Å². The average molecular weight is 255 g/mol. The summed E-state index contributed by atoms with van der Waals surface area (Å²) >= 11 is 5.79. The summed E-state index contributed by atoms with van der Waals surface area (Å²) in [6.45, 7) is 3.06. The van der Waals surface area contributed by atoms with Gasteiger partial charge in [-0.1, -0.05) is 11.6 Å². The zero-order valence-electron chi connectivity index (χ0n) is 9.73. The van der Waals surface area contributed by atoms with Crippen LogP contribution in [0, 0.1) is 0 Å². The van der Waals surface area contributed by atoms with Gasteiger partial charge in [0.2, 0.25) is 0 Å². The Hall–Kier alpha value is -1.29. The third-order valence-corrected chi connectivity index (χ3v) is 3.04. The SMILES string of the molecule is CCOC(=O)C1CCCN1c1ccc(Cl)cn1. The van der Waals surface area contributed by atoms with Crippen molar-refractivity contribution in [2.24, 2.45) is 0 Å². The molecular formula is C12H15ClN2O2. The summed E-state index contributed by atoms with van der Waals surface area (Å²) < 4.78 is 5.07. The van der Waals surface area contributed by atoms with Gasteiger partial charge in [-0.15, -0.1) is 0 Å². The van der Waals surface area contributed by atoms with Gasteiger partial charge in [-0.25, -0.2) is 9.78 Å². The van der Waals surface area contributed by atoms with E-state index in [4.69, 9.17) is 16.3 Å². The number of halogens is 1. The largest absolute Gasteiger partial charge is 0.464 e. The molecule has 1 aromatic rings. The summed E-state index contributed by atoms with van der Waals surface area (Å²) in [6, 6.07) is 3.41. The van der Waals surface area contributed by atoms with Crippen LogP contribution in [-0.4, -0.2) is 30.1 Å². The van der Waals surface area contributed by atoms with E-state index in [1.165, 1.54) is 0 Å². The van der Waals surface area contributed by atoms with E-state index in [0.29, 0.717) is 11.6 Å². The molecule has 1 fully saturated rings. The highest BCUT2D eigenvalue weighted by Gasteiger charge is 2.32. The number of hydrogen-bond acceptors (Lipinski definition) is 4. The van der Waals surface area contributed by atoms with Crippen LogP contribution in [0.5, 0.6) is 0 Å². The van der Waals surface area contributed by atoms with Crippen molar-refractivity contribution >= 4 is 23.4 Å². The van der Waals surface area contributed by atoms with Gasteiger partial charge in [-0.3, -0.25) is 0 Å². The lowest BCUT2D eigenvalue weighted by molar-refractivity contribution is -0.144. The van der Waals surface area contributed by atoms with Crippen molar-refractivity contribution in [1.29, 1.82) is 0 Å². The fraction of sp³-hybridized carbons (Fsp3) is 0.500. The Labute approximate surface area is 106 Å². The number of esters is 1. The van der Waals surface area contributed by atoms with Gasteiger partial charge in [-0.05, 0) is 31.9 Å².